The van der Waals surface area contributed by atoms with Gasteiger partial charge in [0.05, 0.1) is 17.9 Å². The Morgan fingerprint density at radius 2 is 2.11 bits per heavy atom. The minimum atomic E-state index is -0.501. The molecule has 5 aromatic rings. The Labute approximate surface area is 197 Å². The molecule has 0 aliphatic heterocycles. The molecule has 35 heavy (non-hydrogen) atoms. The predicted molar refractivity (Wildman–Crippen MR) is 127 cm³/mol. The van der Waals surface area contributed by atoms with Crippen molar-refractivity contribution in [2.75, 3.05) is 5.32 Å². The Hall–Kier alpha value is -4.74. The molecule has 0 amide bonds. The Balaban J connectivity index is 1.41. The quantitative estimate of drug-likeness (QED) is 0.283. The molecule has 6 rings (SSSR count). The van der Waals surface area contributed by atoms with Crippen LogP contribution in [-0.2, 0) is 6.54 Å². The van der Waals surface area contributed by atoms with Gasteiger partial charge in [-0.15, -0.1) is 0 Å². The highest BCUT2D eigenvalue weighted by molar-refractivity contribution is 5.57. The number of aromatic hydroxyl groups is 1. The van der Waals surface area contributed by atoms with E-state index in [-0.39, 0.29) is 17.6 Å². The molecule has 0 atom stereocenters. The molecule has 4 heterocycles. The minimum absolute atomic E-state index is 0.229. The zero-order valence-corrected chi connectivity index (χ0v) is 18.8. The molecule has 12 heteroatoms. The second-order valence-electron chi connectivity index (χ2n) is 8.36. The fourth-order valence-corrected chi connectivity index (χ4v) is 3.86. The molecular formula is C23H22N10O2. The van der Waals surface area contributed by atoms with E-state index in [4.69, 9.17) is 4.99 Å². The largest absolute Gasteiger partial charge is 0.493 e. The number of nitrogens with one attached hydrogen (secondary N) is 3. The van der Waals surface area contributed by atoms with Gasteiger partial charge >= 0.3 is 5.69 Å². The third-order valence-electron chi connectivity index (χ3n) is 5.77. The van der Waals surface area contributed by atoms with E-state index in [2.05, 4.69) is 35.3 Å². The molecule has 0 spiro atoms. The van der Waals surface area contributed by atoms with Gasteiger partial charge in [-0.1, -0.05) is 18.2 Å². The van der Waals surface area contributed by atoms with E-state index in [0.717, 1.165) is 29.9 Å². The van der Waals surface area contributed by atoms with Gasteiger partial charge in [-0.05, 0) is 37.5 Å². The minimum Gasteiger partial charge on any atom is -0.493 e. The van der Waals surface area contributed by atoms with Crippen LogP contribution < -0.4 is 21.8 Å². The van der Waals surface area contributed by atoms with Crippen molar-refractivity contribution in [3.05, 3.63) is 81.3 Å². The number of fused-ring (bicyclic) bond motifs is 1. The van der Waals surface area contributed by atoms with Crippen molar-refractivity contribution in [3.8, 4) is 11.6 Å². The lowest BCUT2D eigenvalue weighted by atomic mass is 10.1. The van der Waals surface area contributed by atoms with Crippen LogP contribution in [0.5, 0.6) is 5.88 Å². The smallest absolute Gasteiger partial charge is 0.326 e. The lowest BCUT2D eigenvalue weighted by Crippen LogP contribution is -2.25. The van der Waals surface area contributed by atoms with Crippen LogP contribution in [0.15, 0.2) is 52.6 Å². The third-order valence-corrected chi connectivity index (χ3v) is 5.77. The van der Waals surface area contributed by atoms with Crippen molar-refractivity contribution in [2.24, 2.45) is 4.99 Å². The number of hydrogen-bond acceptors (Lipinski definition) is 8. The number of benzene rings is 1. The summed E-state index contributed by atoms with van der Waals surface area (Å²) in [6, 6.07) is 8.28. The predicted octanol–water partition coefficient (Wildman–Crippen LogP) is 0.563. The van der Waals surface area contributed by atoms with Gasteiger partial charge in [-0.3, -0.25) is 4.98 Å². The maximum Gasteiger partial charge on any atom is 0.326 e. The molecule has 1 saturated carbocycles. The van der Waals surface area contributed by atoms with Gasteiger partial charge in [0.15, 0.2) is 5.65 Å². The SMILES string of the molecule is Cc1nccn1-c1ccccc1CNc1nc(=NC2CC2)n2ncc(=Cc3[nH]c(=O)[nH]c3O)c2n1. The van der Waals surface area contributed by atoms with Crippen LogP contribution in [-0.4, -0.2) is 50.2 Å². The second kappa shape index (κ2) is 8.24. The lowest BCUT2D eigenvalue weighted by molar-refractivity contribution is 0.454. The van der Waals surface area contributed by atoms with Crippen molar-refractivity contribution < 1.29 is 5.11 Å². The summed E-state index contributed by atoms with van der Waals surface area (Å²) >= 11 is 0. The fraction of sp³-hybridized carbons (Fsp3) is 0.217. The number of aryl methyl sites for hydroxylation is 1. The second-order valence-corrected chi connectivity index (χ2v) is 8.36. The topological polar surface area (TPSA) is 154 Å². The molecule has 0 radical (unpaired) electrons. The van der Waals surface area contributed by atoms with Crippen molar-refractivity contribution in [3.63, 3.8) is 0 Å². The molecule has 1 aromatic carbocycles. The summed E-state index contributed by atoms with van der Waals surface area (Å²) in [4.78, 5) is 34.7. The van der Waals surface area contributed by atoms with Gasteiger partial charge in [0.2, 0.25) is 11.8 Å². The van der Waals surface area contributed by atoms with Gasteiger partial charge in [-0.2, -0.15) is 19.6 Å². The number of anilines is 1. The van der Waals surface area contributed by atoms with Crippen molar-refractivity contribution in [1.82, 2.24) is 39.1 Å². The van der Waals surface area contributed by atoms with Crippen LogP contribution in [0.3, 0.4) is 0 Å². The summed E-state index contributed by atoms with van der Waals surface area (Å²) in [5.74, 6) is 1.04. The Morgan fingerprint density at radius 3 is 2.86 bits per heavy atom. The van der Waals surface area contributed by atoms with E-state index in [9.17, 15) is 9.90 Å². The molecule has 0 bridgehead atoms. The molecule has 4 aromatic heterocycles. The van der Waals surface area contributed by atoms with Gasteiger partial charge < -0.3 is 20.0 Å². The van der Waals surface area contributed by atoms with Crippen LogP contribution in [0.4, 0.5) is 5.95 Å². The van der Waals surface area contributed by atoms with Gasteiger partial charge in [0, 0.05) is 24.2 Å². The molecule has 12 nitrogen and oxygen atoms in total. The molecule has 4 N–H and O–H groups in total. The first-order chi connectivity index (χ1) is 17.0. The van der Waals surface area contributed by atoms with Crippen molar-refractivity contribution in [1.29, 1.82) is 0 Å². The van der Waals surface area contributed by atoms with Crippen LogP contribution in [0.1, 0.15) is 29.9 Å². The number of rotatable bonds is 6. The number of nitrogens with zero attached hydrogens (tertiary/aromatic N) is 7. The van der Waals surface area contributed by atoms with E-state index in [1.807, 2.05) is 42.0 Å². The third kappa shape index (κ3) is 4.05. The number of aromatic amines is 2. The summed E-state index contributed by atoms with van der Waals surface area (Å²) < 4.78 is 3.60. The average molecular weight is 470 g/mol. The van der Waals surface area contributed by atoms with E-state index < -0.39 is 5.69 Å². The average Bonchev–Trinajstić information content (AvgIpc) is 3.26. The number of imidazole rings is 2. The number of aromatic nitrogens is 8. The van der Waals surface area contributed by atoms with E-state index >= 15 is 0 Å². The number of H-pyrrole nitrogens is 2. The first kappa shape index (κ1) is 20.8. The summed E-state index contributed by atoms with van der Waals surface area (Å²) in [5, 5.41) is 18.3. The van der Waals surface area contributed by atoms with Crippen LogP contribution >= 0.6 is 0 Å². The Bertz CT molecular complexity index is 1720. The van der Waals surface area contributed by atoms with Crippen molar-refractivity contribution >= 4 is 17.7 Å². The zero-order valence-electron chi connectivity index (χ0n) is 18.8. The molecule has 1 aliphatic rings. The lowest BCUT2D eigenvalue weighted by Gasteiger charge is -2.12. The molecule has 1 aliphatic carbocycles. The molecule has 0 unspecified atom stereocenters. The van der Waals surface area contributed by atoms with Crippen LogP contribution in [0, 0.1) is 6.92 Å². The van der Waals surface area contributed by atoms with Gasteiger partial charge in [0.25, 0.3) is 5.62 Å². The maximum absolute atomic E-state index is 11.5. The van der Waals surface area contributed by atoms with Gasteiger partial charge in [0.1, 0.15) is 11.5 Å². The summed E-state index contributed by atoms with van der Waals surface area (Å²) in [6.07, 6.45) is 8.94. The fourth-order valence-electron chi connectivity index (χ4n) is 3.86. The maximum atomic E-state index is 11.5. The first-order valence-electron chi connectivity index (χ1n) is 11.2. The monoisotopic (exact) mass is 470 g/mol. The molecule has 1 fully saturated rings. The highest BCUT2D eigenvalue weighted by Crippen LogP contribution is 2.22. The highest BCUT2D eigenvalue weighted by Gasteiger charge is 2.21. The normalized spacial score (nSPS) is 14.8. The highest BCUT2D eigenvalue weighted by atomic mass is 16.3. The van der Waals surface area contributed by atoms with Crippen LogP contribution in [0.2, 0.25) is 0 Å². The van der Waals surface area contributed by atoms with Crippen molar-refractivity contribution in [2.45, 2.75) is 32.4 Å². The first-order valence-corrected chi connectivity index (χ1v) is 11.2. The Kier molecular flexibility index (Phi) is 4.90. The molecular weight excluding hydrogens is 448 g/mol. The van der Waals surface area contributed by atoms with E-state index in [1.165, 1.54) is 0 Å². The van der Waals surface area contributed by atoms with Gasteiger partial charge in [-0.25, -0.2) is 14.8 Å². The Morgan fingerprint density at radius 1 is 1.26 bits per heavy atom. The summed E-state index contributed by atoms with van der Waals surface area (Å²) in [7, 11) is 0. The molecule has 176 valence electrons. The summed E-state index contributed by atoms with van der Waals surface area (Å²) in [6.45, 7) is 2.44. The van der Waals surface area contributed by atoms with E-state index in [0.29, 0.717) is 29.0 Å². The zero-order chi connectivity index (χ0) is 23.9. The molecule has 0 saturated heterocycles. The van der Waals surface area contributed by atoms with E-state index in [1.54, 1.807) is 23.0 Å². The summed E-state index contributed by atoms with van der Waals surface area (Å²) in [5.41, 5.74) is 2.76. The standard InChI is InChI=1S/C23H22N10O2/c1-13-24-8-9-32(13)18-5-3-2-4-14(18)11-25-21-29-19-15(10-17-20(34)30-23(35)28-17)12-26-33(19)22(31-21)27-16-6-7-16/h2-5,8-10,12,16,34H,6-7,11H2,1H3,(H,25,27,31)(H2,28,30,35). The number of para-hydroxylation sites is 1. The van der Waals surface area contributed by atoms with Crippen LogP contribution in [0.25, 0.3) is 17.4 Å². The number of hydrogen-bond donors (Lipinski definition) is 4.